The molecule has 1 aliphatic heterocycles. The third kappa shape index (κ3) is 4.90. The first-order valence-corrected chi connectivity index (χ1v) is 8.90. The highest BCUT2D eigenvalue weighted by Crippen LogP contribution is 2.22. The van der Waals surface area contributed by atoms with Crippen molar-refractivity contribution in [3.05, 3.63) is 36.7 Å². The number of aliphatic hydroxyl groups excluding tert-OH is 1. The molecular weight excluding hydrogens is 316 g/mol. The molecular formula is C19H26N4O2. The molecule has 2 aromatic rings. The van der Waals surface area contributed by atoms with Crippen LogP contribution in [0.1, 0.15) is 19.8 Å². The number of piperidine rings is 1. The Bertz CT molecular complexity index is 708. The van der Waals surface area contributed by atoms with Crippen LogP contribution in [0, 0.1) is 5.92 Å². The molecule has 134 valence electrons. The molecule has 1 atom stereocenters. The third-order valence-corrected chi connectivity index (χ3v) is 4.77. The molecule has 6 nitrogen and oxygen atoms in total. The van der Waals surface area contributed by atoms with Crippen molar-refractivity contribution in [2.45, 2.75) is 25.9 Å². The first-order chi connectivity index (χ1) is 12.1. The van der Waals surface area contributed by atoms with E-state index in [4.69, 9.17) is 0 Å². The number of β-amino-alcohol motifs (C(OH)–C–C–N with tert-alkyl or cyclic N) is 1. The van der Waals surface area contributed by atoms with Crippen LogP contribution < -0.4 is 10.6 Å². The Morgan fingerprint density at radius 2 is 2.16 bits per heavy atom. The molecule has 2 amide bonds. The summed E-state index contributed by atoms with van der Waals surface area (Å²) in [6.45, 7) is 5.16. The van der Waals surface area contributed by atoms with Gasteiger partial charge in [-0.2, -0.15) is 0 Å². The van der Waals surface area contributed by atoms with Gasteiger partial charge in [-0.05, 0) is 44.0 Å². The Hall–Kier alpha value is -2.18. The molecule has 0 aliphatic carbocycles. The van der Waals surface area contributed by atoms with Crippen LogP contribution in [0.2, 0.25) is 0 Å². The summed E-state index contributed by atoms with van der Waals surface area (Å²) in [6.07, 6.45) is 5.26. The van der Waals surface area contributed by atoms with E-state index in [1.165, 1.54) is 12.8 Å². The molecule has 0 bridgehead atoms. The minimum absolute atomic E-state index is 0.240. The molecule has 0 radical (unpaired) electrons. The average molecular weight is 342 g/mol. The summed E-state index contributed by atoms with van der Waals surface area (Å²) in [5, 5.41) is 17.7. The molecule has 2 heterocycles. The van der Waals surface area contributed by atoms with E-state index >= 15 is 0 Å². The highest BCUT2D eigenvalue weighted by Gasteiger charge is 2.18. The number of likely N-dealkylation sites (tertiary alicyclic amines) is 1. The number of aromatic nitrogens is 1. The van der Waals surface area contributed by atoms with Crippen LogP contribution in [0.5, 0.6) is 0 Å². The van der Waals surface area contributed by atoms with Gasteiger partial charge in [-0.1, -0.05) is 19.1 Å². The van der Waals surface area contributed by atoms with Gasteiger partial charge in [-0.15, -0.1) is 0 Å². The van der Waals surface area contributed by atoms with Crippen LogP contribution in [0.15, 0.2) is 36.7 Å². The average Bonchev–Trinajstić information content (AvgIpc) is 2.62. The van der Waals surface area contributed by atoms with E-state index in [0.717, 1.165) is 35.5 Å². The fraction of sp³-hybridized carbons (Fsp3) is 0.474. The largest absolute Gasteiger partial charge is 0.390 e. The van der Waals surface area contributed by atoms with Gasteiger partial charge >= 0.3 is 6.03 Å². The van der Waals surface area contributed by atoms with Crippen LogP contribution in [0.25, 0.3) is 10.8 Å². The van der Waals surface area contributed by atoms with Gasteiger partial charge in [0.05, 0.1) is 11.8 Å². The number of hydrogen-bond acceptors (Lipinski definition) is 4. The smallest absolute Gasteiger partial charge is 0.319 e. The quantitative estimate of drug-likeness (QED) is 0.780. The molecule has 1 saturated heterocycles. The Kier molecular flexibility index (Phi) is 5.83. The molecule has 25 heavy (non-hydrogen) atoms. The van der Waals surface area contributed by atoms with Crippen LogP contribution in [-0.2, 0) is 0 Å². The number of carbonyl (C=O) groups is 1. The minimum Gasteiger partial charge on any atom is -0.390 e. The lowest BCUT2D eigenvalue weighted by Gasteiger charge is -2.31. The molecule has 0 saturated carbocycles. The van der Waals surface area contributed by atoms with Crippen LogP contribution in [0.3, 0.4) is 0 Å². The van der Waals surface area contributed by atoms with Crippen molar-refractivity contribution in [1.82, 2.24) is 15.2 Å². The summed E-state index contributed by atoms with van der Waals surface area (Å²) in [5.74, 6) is 0.771. The Morgan fingerprint density at radius 3 is 2.96 bits per heavy atom. The number of aliphatic hydroxyl groups is 1. The Morgan fingerprint density at radius 1 is 1.36 bits per heavy atom. The number of anilines is 1. The minimum atomic E-state index is -0.559. The highest BCUT2D eigenvalue weighted by molar-refractivity contribution is 6.01. The monoisotopic (exact) mass is 342 g/mol. The lowest BCUT2D eigenvalue weighted by molar-refractivity contribution is 0.0924. The highest BCUT2D eigenvalue weighted by atomic mass is 16.3. The second-order valence-electron chi connectivity index (χ2n) is 6.87. The number of carbonyl (C=O) groups excluding carboxylic acids is 1. The molecule has 3 N–H and O–H groups in total. The second-order valence-corrected chi connectivity index (χ2v) is 6.87. The summed E-state index contributed by atoms with van der Waals surface area (Å²) in [4.78, 5) is 18.5. The lowest BCUT2D eigenvalue weighted by Crippen LogP contribution is -2.43. The predicted octanol–water partition coefficient (Wildman–Crippen LogP) is 2.45. The molecule has 3 rings (SSSR count). The van der Waals surface area contributed by atoms with Gasteiger partial charge in [0.1, 0.15) is 0 Å². The first kappa shape index (κ1) is 17.6. The van der Waals surface area contributed by atoms with Crippen molar-refractivity contribution in [1.29, 1.82) is 0 Å². The summed E-state index contributed by atoms with van der Waals surface area (Å²) in [6, 6.07) is 7.25. The van der Waals surface area contributed by atoms with Crippen LogP contribution in [0.4, 0.5) is 10.5 Å². The van der Waals surface area contributed by atoms with E-state index in [2.05, 4.69) is 27.4 Å². The topological polar surface area (TPSA) is 77.5 Å². The lowest BCUT2D eigenvalue weighted by atomic mass is 9.99. The summed E-state index contributed by atoms with van der Waals surface area (Å²) >= 11 is 0. The fourth-order valence-electron chi connectivity index (χ4n) is 3.22. The maximum absolute atomic E-state index is 12.1. The maximum Gasteiger partial charge on any atom is 0.319 e. The Balaban J connectivity index is 1.47. The molecule has 1 fully saturated rings. The number of nitrogens with one attached hydrogen (secondary N) is 2. The van der Waals surface area contributed by atoms with E-state index in [0.29, 0.717) is 6.54 Å². The number of benzene rings is 1. The van der Waals surface area contributed by atoms with Crippen LogP contribution >= 0.6 is 0 Å². The number of hydrogen-bond donors (Lipinski definition) is 3. The van der Waals surface area contributed by atoms with Crippen LogP contribution in [-0.4, -0.2) is 53.3 Å². The van der Waals surface area contributed by atoms with Gasteiger partial charge in [0.25, 0.3) is 0 Å². The summed E-state index contributed by atoms with van der Waals surface area (Å²) in [5.41, 5.74) is 0.733. The second kappa shape index (κ2) is 8.27. The maximum atomic E-state index is 12.1. The first-order valence-electron chi connectivity index (χ1n) is 8.90. The molecule has 1 aliphatic rings. The molecule has 1 aromatic carbocycles. The van der Waals surface area contributed by atoms with E-state index in [9.17, 15) is 9.90 Å². The molecule has 1 unspecified atom stereocenters. The van der Waals surface area contributed by atoms with Crippen molar-refractivity contribution in [2.24, 2.45) is 5.92 Å². The summed E-state index contributed by atoms with van der Waals surface area (Å²) in [7, 11) is 0. The number of fused-ring (bicyclic) bond motifs is 1. The molecule has 1 aromatic heterocycles. The van der Waals surface area contributed by atoms with Gasteiger partial charge in [-0.25, -0.2) is 4.79 Å². The van der Waals surface area contributed by atoms with Gasteiger partial charge in [-0.3, -0.25) is 4.98 Å². The molecule has 0 spiro atoms. The fourth-order valence-corrected chi connectivity index (χ4v) is 3.22. The zero-order chi connectivity index (χ0) is 17.6. The Labute approximate surface area is 148 Å². The number of urea groups is 1. The van der Waals surface area contributed by atoms with Gasteiger partial charge in [0.2, 0.25) is 0 Å². The number of nitrogens with zero attached hydrogens (tertiary/aromatic N) is 2. The SMILES string of the molecule is CC1CCN(CC(O)CNC(=O)Nc2cccc3cnccc23)CC1. The number of pyridine rings is 1. The van der Waals surface area contributed by atoms with Crippen molar-refractivity contribution < 1.29 is 9.90 Å². The zero-order valence-electron chi connectivity index (χ0n) is 14.6. The normalized spacial score (nSPS) is 17.4. The van der Waals surface area contributed by atoms with Crippen molar-refractivity contribution in [2.75, 3.05) is 31.5 Å². The summed E-state index contributed by atoms with van der Waals surface area (Å²) < 4.78 is 0. The number of amides is 2. The van der Waals surface area contributed by atoms with Gasteiger partial charge in [0, 0.05) is 36.3 Å². The zero-order valence-corrected chi connectivity index (χ0v) is 14.6. The van der Waals surface area contributed by atoms with E-state index in [1.807, 2.05) is 24.3 Å². The molecule has 6 heteroatoms. The van der Waals surface area contributed by atoms with Crippen molar-refractivity contribution in [3.63, 3.8) is 0 Å². The van der Waals surface area contributed by atoms with E-state index < -0.39 is 6.10 Å². The van der Waals surface area contributed by atoms with Gasteiger partial charge < -0.3 is 20.6 Å². The van der Waals surface area contributed by atoms with Gasteiger partial charge in [0.15, 0.2) is 0 Å². The van der Waals surface area contributed by atoms with E-state index in [1.54, 1.807) is 12.4 Å². The van der Waals surface area contributed by atoms with E-state index in [-0.39, 0.29) is 12.6 Å². The van der Waals surface area contributed by atoms with Crippen molar-refractivity contribution in [3.8, 4) is 0 Å². The standard InChI is InChI=1S/C19H26N4O2/c1-14-6-9-23(10-7-14)13-16(24)12-21-19(25)22-18-4-2-3-15-11-20-8-5-17(15)18/h2-5,8,11,14,16,24H,6-7,9-10,12-13H2,1H3,(H2,21,22,25). The predicted molar refractivity (Wildman–Crippen MR) is 99.6 cm³/mol. The van der Waals surface area contributed by atoms with Crippen molar-refractivity contribution >= 4 is 22.5 Å². The third-order valence-electron chi connectivity index (χ3n) is 4.77. The number of rotatable bonds is 5.